The van der Waals surface area contributed by atoms with E-state index in [4.69, 9.17) is 0 Å². The number of benzene rings is 8. The normalized spacial score (nSPS) is 14.1. The number of anilines is 6. The van der Waals surface area contributed by atoms with Crippen molar-refractivity contribution in [1.29, 1.82) is 0 Å². The molecule has 0 fully saturated rings. The predicted molar refractivity (Wildman–Crippen MR) is 228 cm³/mol. The molecule has 0 radical (unpaired) electrons. The molecule has 6 heteroatoms. The molecule has 0 aliphatic carbocycles. The lowest BCUT2D eigenvalue weighted by Crippen LogP contribution is -2.63. The fraction of sp³-hybridized carbons (Fsp3) is 0. The average molecular weight is 682 g/mol. The molecule has 0 saturated heterocycles. The SMILES string of the molecule is c1ccc(N2c3cc4ccccc4cc3B3c4c2cc2c5c4-c4c6c(ccn63)cc3ccn(c43)B5c3cc4ccccc4cc3N2c2ccccc2)cc1. The molecule has 8 aromatic carbocycles. The summed E-state index contributed by atoms with van der Waals surface area (Å²) in [5, 5.41) is 7.64. The first-order valence-electron chi connectivity index (χ1n) is 18.9. The summed E-state index contributed by atoms with van der Waals surface area (Å²) in [5.74, 6) is 0. The lowest BCUT2D eigenvalue weighted by atomic mass is 9.39. The molecule has 0 bridgehead atoms. The standard InChI is InChI=1S/C48H28B2N4/c1-3-15-35(16-4-1)53-39-26-31-13-9-7-11-29(31)24-37(39)49-45-41(53)28-42-46-43(45)44-47-33(19-21-51(47)49)23-34-20-22-52(48(34)44)50(46)38-25-30-12-8-10-14-32(30)27-40(38)54(42)36-17-5-2-6-18-36/h1-28H. The Balaban J connectivity index is 1.22. The molecule has 0 unspecified atom stereocenters. The van der Waals surface area contributed by atoms with Crippen LogP contribution < -0.4 is 31.7 Å². The molecular weight excluding hydrogens is 654 g/mol. The lowest BCUT2D eigenvalue weighted by molar-refractivity contribution is 1.20. The van der Waals surface area contributed by atoms with Crippen molar-refractivity contribution >= 4 is 113 Å². The number of hydrogen-bond acceptors (Lipinski definition) is 2. The summed E-state index contributed by atoms with van der Waals surface area (Å²) < 4.78 is 5.18. The second-order valence-corrected chi connectivity index (χ2v) is 15.4. The zero-order valence-corrected chi connectivity index (χ0v) is 29.1. The van der Waals surface area contributed by atoms with Gasteiger partial charge in [0.25, 0.3) is 0 Å². The van der Waals surface area contributed by atoms with E-state index in [1.807, 2.05) is 0 Å². The minimum atomic E-state index is 0.0210. The zero-order chi connectivity index (χ0) is 34.8. The van der Waals surface area contributed by atoms with Crippen LogP contribution in [-0.2, 0) is 0 Å². The molecule has 14 rings (SSSR count). The van der Waals surface area contributed by atoms with Gasteiger partial charge in [0.05, 0.1) is 0 Å². The summed E-state index contributed by atoms with van der Waals surface area (Å²) in [6, 6.07) is 59.1. The summed E-state index contributed by atoms with van der Waals surface area (Å²) in [5.41, 5.74) is 18.2. The van der Waals surface area contributed by atoms with E-state index in [0.29, 0.717) is 0 Å². The average Bonchev–Trinajstić information content (AvgIpc) is 3.85. The third-order valence-corrected chi connectivity index (χ3v) is 12.8. The molecule has 4 aliphatic heterocycles. The van der Waals surface area contributed by atoms with Gasteiger partial charge in [-0.3, -0.25) is 0 Å². The Morgan fingerprint density at radius 1 is 0.333 bits per heavy atom. The molecule has 0 atom stereocenters. The highest BCUT2D eigenvalue weighted by Crippen LogP contribution is 2.51. The molecule has 54 heavy (non-hydrogen) atoms. The second kappa shape index (κ2) is 9.54. The fourth-order valence-electron chi connectivity index (χ4n) is 10.7. The quantitative estimate of drug-likeness (QED) is 0.169. The van der Waals surface area contributed by atoms with Crippen LogP contribution in [0, 0.1) is 0 Å². The van der Waals surface area contributed by atoms with Crippen molar-refractivity contribution in [2.75, 3.05) is 9.80 Å². The molecular formula is C48H28B2N4. The first-order chi connectivity index (χ1) is 26.8. The zero-order valence-electron chi connectivity index (χ0n) is 29.1. The van der Waals surface area contributed by atoms with Gasteiger partial charge in [-0.05, 0) is 133 Å². The molecule has 0 N–H and O–H groups in total. The Morgan fingerprint density at radius 3 is 1.22 bits per heavy atom. The van der Waals surface area contributed by atoms with Crippen LogP contribution in [0.4, 0.5) is 34.1 Å². The highest BCUT2D eigenvalue weighted by molar-refractivity contribution is 6.94. The van der Waals surface area contributed by atoms with Crippen LogP contribution in [0.15, 0.2) is 170 Å². The summed E-state index contributed by atoms with van der Waals surface area (Å²) in [7, 11) is 0. The first-order valence-corrected chi connectivity index (χ1v) is 18.9. The largest absolute Gasteiger partial charge is 0.382 e. The Bertz CT molecular complexity index is 3100. The van der Waals surface area contributed by atoms with Crippen molar-refractivity contribution in [2.45, 2.75) is 0 Å². The van der Waals surface area contributed by atoms with Gasteiger partial charge in [0.1, 0.15) is 0 Å². The fourth-order valence-corrected chi connectivity index (χ4v) is 10.7. The molecule has 0 saturated carbocycles. The van der Waals surface area contributed by atoms with E-state index in [1.165, 1.54) is 110 Å². The van der Waals surface area contributed by atoms with E-state index in [1.54, 1.807) is 0 Å². The monoisotopic (exact) mass is 682 g/mol. The van der Waals surface area contributed by atoms with Crippen molar-refractivity contribution in [3.05, 3.63) is 170 Å². The number of hydrogen-bond donors (Lipinski definition) is 0. The molecule has 246 valence electrons. The van der Waals surface area contributed by atoms with Crippen LogP contribution in [0.5, 0.6) is 0 Å². The van der Waals surface area contributed by atoms with E-state index in [9.17, 15) is 0 Å². The van der Waals surface area contributed by atoms with Gasteiger partial charge in [0.2, 0.25) is 0 Å². The smallest absolute Gasteiger partial charge is 0.332 e. The number of para-hydroxylation sites is 2. The van der Waals surface area contributed by atoms with E-state index in [0.717, 1.165) is 0 Å². The first kappa shape index (κ1) is 27.7. The molecule has 6 heterocycles. The van der Waals surface area contributed by atoms with Gasteiger partial charge in [-0.1, -0.05) is 97.1 Å². The summed E-state index contributed by atoms with van der Waals surface area (Å²) >= 11 is 0. The maximum absolute atomic E-state index is 2.59. The van der Waals surface area contributed by atoms with Gasteiger partial charge in [-0.15, -0.1) is 0 Å². The third kappa shape index (κ3) is 3.22. The van der Waals surface area contributed by atoms with Crippen LogP contribution in [-0.4, -0.2) is 22.7 Å². The Kier molecular flexibility index (Phi) is 4.90. The Labute approximate surface area is 311 Å². The second-order valence-electron chi connectivity index (χ2n) is 15.4. The molecule has 0 spiro atoms. The Hall–Kier alpha value is -6.91. The van der Waals surface area contributed by atoms with Crippen molar-refractivity contribution in [2.24, 2.45) is 0 Å². The van der Waals surface area contributed by atoms with Crippen LogP contribution in [0.2, 0.25) is 0 Å². The highest BCUT2D eigenvalue weighted by Gasteiger charge is 2.50. The van der Waals surface area contributed by atoms with E-state index < -0.39 is 0 Å². The highest BCUT2D eigenvalue weighted by atomic mass is 15.2. The van der Waals surface area contributed by atoms with Crippen molar-refractivity contribution in [3.8, 4) is 11.1 Å². The van der Waals surface area contributed by atoms with E-state index in [2.05, 4.69) is 189 Å². The molecule has 4 nitrogen and oxygen atoms in total. The number of rotatable bonds is 2. The van der Waals surface area contributed by atoms with E-state index in [-0.39, 0.29) is 13.7 Å². The van der Waals surface area contributed by atoms with Gasteiger partial charge in [-0.25, -0.2) is 0 Å². The van der Waals surface area contributed by atoms with Gasteiger partial charge < -0.3 is 18.8 Å². The van der Waals surface area contributed by atoms with Gasteiger partial charge >= 0.3 is 13.7 Å². The summed E-state index contributed by atoms with van der Waals surface area (Å²) in [6.45, 7) is 0.0420. The van der Waals surface area contributed by atoms with Gasteiger partial charge in [0, 0.05) is 50.7 Å². The maximum Gasteiger partial charge on any atom is 0.332 e. The van der Waals surface area contributed by atoms with Crippen molar-refractivity contribution < 1.29 is 0 Å². The van der Waals surface area contributed by atoms with Crippen LogP contribution >= 0.6 is 0 Å². The molecule has 2 aromatic heterocycles. The topological polar surface area (TPSA) is 16.3 Å². The molecule has 10 aromatic rings. The third-order valence-electron chi connectivity index (χ3n) is 12.8. The minimum Gasteiger partial charge on any atom is -0.382 e. The van der Waals surface area contributed by atoms with Crippen LogP contribution in [0.25, 0.3) is 54.5 Å². The Morgan fingerprint density at radius 2 is 0.759 bits per heavy atom. The van der Waals surface area contributed by atoms with Crippen LogP contribution in [0.3, 0.4) is 0 Å². The maximum atomic E-state index is 2.59. The lowest BCUT2D eigenvalue weighted by Gasteiger charge is -2.47. The van der Waals surface area contributed by atoms with Crippen molar-refractivity contribution in [3.63, 3.8) is 0 Å². The minimum absolute atomic E-state index is 0.0210. The summed E-state index contributed by atoms with van der Waals surface area (Å²) in [4.78, 5) is 5.11. The predicted octanol–water partition coefficient (Wildman–Crippen LogP) is 9.07. The number of fused-ring (bicyclic) bond motifs is 8. The summed E-state index contributed by atoms with van der Waals surface area (Å²) in [6.07, 6.45) is 4.70. The van der Waals surface area contributed by atoms with E-state index >= 15 is 0 Å². The van der Waals surface area contributed by atoms with Crippen LogP contribution in [0.1, 0.15) is 0 Å². The number of nitrogens with zero attached hydrogens (tertiary/aromatic N) is 4. The van der Waals surface area contributed by atoms with Gasteiger partial charge in [0.15, 0.2) is 0 Å². The van der Waals surface area contributed by atoms with Gasteiger partial charge in [-0.2, -0.15) is 0 Å². The van der Waals surface area contributed by atoms with Crippen molar-refractivity contribution in [1.82, 2.24) is 8.96 Å². The number of aromatic nitrogens is 2. The molecule has 0 amide bonds. The molecule has 4 aliphatic rings.